The number of hydrogen-bond acceptors (Lipinski definition) is 2. The Morgan fingerprint density at radius 2 is 1.71 bits per heavy atom. The minimum Gasteiger partial charge on any atom is -0.305 e. The first-order chi connectivity index (χ1) is 16.5. The average molecular weight is 460 g/mol. The second-order valence-corrected chi connectivity index (χ2v) is 9.05. The Morgan fingerprint density at radius 1 is 0.971 bits per heavy atom. The van der Waals surface area contributed by atoms with Crippen LogP contribution in [0, 0.1) is 11.6 Å². The molecular formula is C28H27F2N3O. The maximum atomic E-state index is 14.2. The summed E-state index contributed by atoms with van der Waals surface area (Å²) in [6.07, 6.45) is 5.95. The minimum atomic E-state index is -0.485. The fraction of sp³-hybridized carbons (Fsp3) is 0.250. The number of carbonyl (C=O) groups is 1. The molecule has 1 spiro atoms. The van der Waals surface area contributed by atoms with E-state index in [1.54, 1.807) is 29.2 Å². The normalized spacial score (nSPS) is 17.3. The summed E-state index contributed by atoms with van der Waals surface area (Å²) in [6.45, 7) is 3.02. The highest BCUT2D eigenvalue weighted by Gasteiger charge is 2.46. The summed E-state index contributed by atoms with van der Waals surface area (Å²) in [5.74, 6) is -0.788. The second kappa shape index (κ2) is 9.39. The zero-order valence-corrected chi connectivity index (χ0v) is 18.9. The highest BCUT2D eigenvalue weighted by Crippen LogP contribution is 2.47. The molecule has 0 aromatic heterocycles. The average Bonchev–Trinajstić information content (AvgIpc) is 3.16. The number of piperidine rings is 1. The lowest BCUT2D eigenvalue weighted by molar-refractivity contribution is 0.180. The summed E-state index contributed by atoms with van der Waals surface area (Å²) in [5, 5.41) is 2.68. The molecule has 0 aliphatic carbocycles. The molecule has 2 aliphatic rings. The van der Waals surface area contributed by atoms with Crippen LogP contribution in [0.4, 0.5) is 25.0 Å². The zero-order valence-electron chi connectivity index (χ0n) is 18.9. The summed E-state index contributed by atoms with van der Waals surface area (Å²) in [7, 11) is 0. The monoisotopic (exact) mass is 459 g/mol. The summed E-state index contributed by atoms with van der Waals surface area (Å²) < 4.78 is 28.3. The predicted molar refractivity (Wildman–Crippen MR) is 132 cm³/mol. The molecule has 174 valence electrons. The summed E-state index contributed by atoms with van der Waals surface area (Å²) >= 11 is 0. The molecule has 1 saturated heterocycles. The van der Waals surface area contributed by atoms with Crippen molar-refractivity contribution in [3.63, 3.8) is 0 Å². The van der Waals surface area contributed by atoms with Crippen LogP contribution in [0.25, 0.3) is 6.08 Å². The van der Waals surface area contributed by atoms with Gasteiger partial charge in [-0.3, -0.25) is 9.80 Å². The van der Waals surface area contributed by atoms with Crippen LogP contribution >= 0.6 is 0 Å². The van der Waals surface area contributed by atoms with Crippen molar-refractivity contribution >= 4 is 23.5 Å². The molecule has 3 aromatic carbocycles. The van der Waals surface area contributed by atoms with Crippen molar-refractivity contribution < 1.29 is 13.6 Å². The molecule has 2 heterocycles. The third kappa shape index (κ3) is 4.46. The van der Waals surface area contributed by atoms with Crippen molar-refractivity contribution in [2.45, 2.75) is 18.3 Å². The first kappa shape index (κ1) is 22.3. The molecule has 5 rings (SSSR count). The number of hydrogen-bond donors (Lipinski definition) is 1. The number of amides is 2. The number of para-hydroxylation sites is 1. The molecule has 0 saturated carbocycles. The van der Waals surface area contributed by atoms with Gasteiger partial charge in [0.1, 0.15) is 11.6 Å². The molecule has 1 fully saturated rings. The van der Waals surface area contributed by atoms with Gasteiger partial charge in [-0.15, -0.1) is 0 Å². The van der Waals surface area contributed by atoms with Gasteiger partial charge in [0.15, 0.2) is 0 Å². The molecule has 0 bridgehead atoms. The number of urea groups is 1. The van der Waals surface area contributed by atoms with Crippen molar-refractivity contribution in [3.05, 3.63) is 102 Å². The fourth-order valence-corrected chi connectivity index (χ4v) is 5.06. The standard InChI is InChI=1S/C28H27F2N3O/c29-22-12-13-26-23(19-22)28(20-33(26)27(34)31-25-11-5-4-10-24(25)30)14-17-32(18-15-28)16-6-9-21-7-2-1-3-8-21/h1-13,19H,14-18,20H2,(H,31,34). The minimum absolute atomic E-state index is 0.136. The molecule has 0 unspecified atom stereocenters. The number of halogens is 2. The van der Waals surface area contributed by atoms with Crippen LogP contribution in [-0.4, -0.2) is 37.1 Å². The smallest absolute Gasteiger partial charge is 0.305 e. The maximum absolute atomic E-state index is 14.2. The number of nitrogens with zero attached hydrogens (tertiary/aromatic N) is 2. The highest BCUT2D eigenvalue weighted by molar-refractivity contribution is 6.03. The van der Waals surface area contributed by atoms with Crippen molar-refractivity contribution in [3.8, 4) is 0 Å². The van der Waals surface area contributed by atoms with Crippen molar-refractivity contribution in [2.75, 3.05) is 36.4 Å². The Balaban J connectivity index is 1.30. The van der Waals surface area contributed by atoms with Crippen LogP contribution in [0.1, 0.15) is 24.0 Å². The number of carbonyl (C=O) groups excluding carboxylic acids is 1. The molecule has 6 heteroatoms. The van der Waals surface area contributed by atoms with Gasteiger partial charge in [0.05, 0.1) is 5.69 Å². The quantitative estimate of drug-likeness (QED) is 0.515. The highest BCUT2D eigenvalue weighted by atomic mass is 19.1. The maximum Gasteiger partial charge on any atom is 0.326 e. The first-order valence-electron chi connectivity index (χ1n) is 11.6. The predicted octanol–water partition coefficient (Wildman–Crippen LogP) is 6.06. The molecule has 3 aromatic rings. The van der Waals surface area contributed by atoms with E-state index >= 15 is 0 Å². The Labute approximate surface area is 198 Å². The Bertz CT molecular complexity index is 1200. The summed E-state index contributed by atoms with van der Waals surface area (Å²) in [4.78, 5) is 17.1. The number of benzene rings is 3. The number of nitrogens with one attached hydrogen (secondary N) is 1. The van der Waals surface area contributed by atoms with Gasteiger partial charge in [0, 0.05) is 24.2 Å². The van der Waals surface area contributed by atoms with E-state index in [-0.39, 0.29) is 16.9 Å². The second-order valence-electron chi connectivity index (χ2n) is 9.05. The number of rotatable bonds is 4. The zero-order chi connectivity index (χ0) is 23.5. The Kier molecular flexibility index (Phi) is 6.16. The SMILES string of the molecule is O=C(Nc1ccccc1F)N1CC2(CCN(CC=Cc3ccccc3)CC2)c2cc(F)ccc21. The number of anilines is 2. The molecule has 2 aliphatic heterocycles. The van der Waals surface area contributed by atoms with E-state index in [0.29, 0.717) is 12.2 Å². The summed E-state index contributed by atoms with van der Waals surface area (Å²) in [6, 6.07) is 20.5. The van der Waals surface area contributed by atoms with Crippen molar-refractivity contribution in [1.82, 2.24) is 4.90 Å². The van der Waals surface area contributed by atoms with Crippen LogP contribution < -0.4 is 10.2 Å². The first-order valence-corrected chi connectivity index (χ1v) is 11.6. The molecule has 1 N–H and O–H groups in total. The van der Waals surface area contributed by atoms with Gasteiger partial charge in [-0.2, -0.15) is 0 Å². The molecule has 0 atom stereocenters. The topological polar surface area (TPSA) is 35.6 Å². The van der Waals surface area contributed by atoms with Gasteiger partial charge in [-0.25, -0.2) is 13.6 Å². The van der Waals surface area contributed by atoms with Crippen LogP contribution in [0.15, 0.2) is 78.9 Å². The lowest BCUT2D eigenvalue weighted by Crippen LogP contribution is -2.46. The lowest BCUT2D eigenvalue weighted by Gasteiger charge is -2.39. The van der Waals surface area contributed by atoms with Gasteiger partial charge in [0.2, 0.25) is 0 Å². The van der Waals surface area contributed by atoms with E-state index in [2.05, 4.69) is 34.5 Å². The van der Waals surface area contributed by atoms with E-state index in [4.69, 9.17) is 0 Å². The Morgan fingerprint density at radius 3 is 2.47 bits per heavy atom. The third-order valence-corrected chi connectivity index (χ3v) is 6.93. The number of fused-ring (bicyclic) bond motifs is 2. The van der Waals surface area contributed by atoms with Crippen molar-refractivity contribution in [2.24, 2.45) is 0 Å². The molecule has 34 heavy (non-hydrogen) atoms. The third-order valence-electron chi connectivity index (χ3n) is 6.93. The van der Waals surface area contributed by atoms with E-state index in [9.17, 15) is 13.6 Å². The summed E-state index contributed by atoms with van der Waals surface area (Å²) in [5.41, 5.74) is 2.58. The lowest BCUT2D eigenvalue weighted by atomic mass is 9.74. The van der Waals surface area contributed by atoms with Crippen LogP contribution in [-0.2, 0) is 5.41 Å². The molecular weight excluding hydrogens is 432 g/mol. The van der Waals surface area contributed by atoms with Crippen LogP contribution in [0.3, 0.4) is 0 Å². The van der Waals surface area contributed by atoms with E-state index in [1.165, 1.54) is 23.8 Å². The van der Waals surface area contributed by atoms with Crippen molar-refractivity contribution in [1.29, 1.82) is 0 Å². The largest absolute Gasteiger partial charge is 0.326 e. The van der Waals surface area contributed by atoms with E-state index in [0.717, 1.165) is 38.0 Å². The Hall–Kier alpha value is -3.51. The van der Waals surface area contributed by atoms with Crippen LogP contribution in [0.5, 0.6) is 0 Å². The number of likely N-dealkylation sites (tertiary alicyclic amines) is 1. The van der Waals surface area contributed by atoms with E-state index in [1.807, 2.05) is 18.2 Å². The van der Waals surface area contributed by atoms with Gasteiger partial charge >= 0.3 is 6.03 Å². The van der Waals surface area contributed by atoms with E-state index < -0.39 is 11.8 Å². The van der Waals surface area contributed by atoms with Gasteiger partial charge in [-0.1, -0.05) is 54.6 Å². The van der Waals surface area contributed by atoms with Crippen LogP contribution in [0.2, 0.25) is 0 Å². The fourth-order valence-electron chi connectivity index (χ4n) is 5.06. The van der Waals surface area contributed by atoms with Gasteiger partial charge in [-0.05, 0) is 67.4 Å². The molecule has 4 nitrogen and oxygen atoms in total. The van der Waals surface area contributed by atoms with Gasteiger partial charge in [0.25, 0.3) is 0 Å². The van der Waals surface area contributed by atoms with Gasteiger partial charge < -0.3 is 5.32 Å². The molecule has 0 radical (unpaired) electrons. The molecule has 2 amide bonds.